The van der Waals surface area contributed by atoms with Crippen LogP contribution in [-0.4, -0.2) is 18.2 Å². The Kier molecular flexibility index (Phi) is 7.36. The number of hydrogen-bond acceptors (Lipinski definition) is 4. The summed E-state index contributed by atoms with van der Waals surface area (Å²) in [6, 6.07) is 8.14. The van der Waals surface area contributed by atoms with E-state index < -0.39 is 0 Å². The van der Waals surface area contributed by atoms with Crippen LogP contribution in [0.3, 0.4) is 0 Å². The summed E-state index contributed by atoms with van der Waals surface area (Å²) in [6.45, 7) is 6.92. The van der Waals surface area contributed by atoms with Gasteiger partial charge in [-0.3, -0.25) is 4.98 Å². The molecular formula is C18H23BrN2O2. The van der Waals surface area contributed by atoms with Crippen LogP contribution in [-0.2, 0) is 13.1 Å². The highest BCUT2D eigenvalue weighted by Gasteiger charge is 2.12. The van der Waals surface area contributed by atoms with Crippen molar-refractivity contribution in [2.45, 2.75) is 33.4 Å². The first-order valence-electron chi connectivity index (χ1n) is 7.92. The summed E-state index contributed by atoms with van der Waals surface area (Å²) in [5.74, 6) is 1.57. The van der Waals surface area contributed by atoms with Crippen LogP contribution in [0, 0.1) is 0 Å². The molecule has 5 heteroatoms. The molecule has 0 bridgehead atoms. The average molecular weight is 379 g/mol. The molecule has 124 valence electrons. The van der Waals surface area contributed by atoms with Gasteiger partial charge >= 0.3 is 0 Å². The summed E-state index contributed by atoms with van der Waals surface area (Å²) >= 11 is 3.59. The van der Waals surface area contributed by atoms with Gasteiger partial charge in [-0.1, -0.05) is 6.92 Å². The topological polar surface area (TPSA) is 43.4 Å². The minimum Gasteiger partial charge on any atom is -0.490 e. The van der Waals surface area contributed by atoms with Crippen molar-refractivity contribution in [2.75, 3.05) is 13.2 Å². The molecule has 0 atom stereocenters. The van der Waals surface area contributed by atoms with Gasteiger partial charge in [-0.15, -0.1) is 0 Å². The molecule has 23 heavy (non-hydrogen) atoms. The Bertz CT molecular complexity index is 605. The van der Waals surface area contributed by atoms with Gasteiger partial charge < -0.3 is 14.8 Å². The SMILES string of the molecule is CCCOc1c(Br)cc(CNCc2ccncc2)cc1OCC. The number of rotatable bonds is 9. The predicted octanol–water partition coefficient (Wildman–Crippen LogP) is 4.32. The zero-order chi connectivity index (χ0) is 16.5. The molecule has 1 heterocycles. The van der Waals surface area contributed by atoms with E-state index in [1.807, 2.05) is 25.1 Å². The Morgan fingerprint density at radius 1 is 1.04 bits per heavy atom. The van der Waals surface area contributed by atoms with Crippen LogP contribution in [0.2, 0.25) is 0 Å². The summed E-state index contributed by atoms with van der Waals surface area (Å²) in [6.07, 6.45) is 4.58. The number of nitrogens with zero attached hydrogens (tertiary/aromatic N) is 1. The fourth-order valence-electron chi connectivity index (χ4n) is 2.18. The van der Waals surface area contributed by atoms with E-state index in [4.69, 9.17) is 9.47 Å². The lowest BCUT2D eigenvalue weighted by atomic mass is 10.2. The number of nitrogens with one attached hydrogen (secondary N) is 1. The van der Waals surface area contributed by atoms with Gasteiger partial charge in [-0.05, 0) is 64.7 Å². The van der Waals surface area contributed by atoms with E-state index >= 15 is 0 Å². The Hall–Kier alpha value is -1.59. The quantitative estimate of drug-likeness (QED) is 0.705. The number of pyridine rings is 1. The fraction of sp³-hybridized carbons (Fsp3) is 0.389. The monoisotopic (exact) mass is 378 g/mol. The van der Waals surface area contributed by atoms with Crippen LogP contribution in [0.1, 0.15) is 31.4 Å². The number of ether oxygens (including phenoxy) is 2. The van der Waals surface area contributed by atoms with Crippen LogP contribution >= 0.6 is 15.9 Å². The number of hydrogen-bond donors (Lipinski definition) is 1. The molecule has 4 nitrogen and oxygen atoms in total. The Labute approximate surface area is 146 Å². The van der Waals surface area contributed by atoms with Crippen molar-refractivity contribution in [1.29, 1.82) is 0 Å². The van der Waals surface area contributed by atoms with Gasteiger partial charge in [0.1, 0.15) is 0 Å². The van der Waals surface area contributed by atoms with Crippen LogP contribution in [0.15, 0.2) is 41.1 Å². The van der Waals surface area contributed by atoms with E-state index in [0.29, 0.717) is 13.2 Å². The minimum atomic E-state index is 0.614. The molecule has 1 aromatic carbocycles. The van der Waals surface area contributed by atoms with Crippen molar-refractivity contribution in [2.24, 2.45) is 0 Å². The number of halogens is 1. The number of benzene rings is 1. The lowest BCUT2D eigenvalue weighted by Gasteiger charge is -2.15. The van der Waals surface area contributed by atoms with E-state index in [0.717, 1.165) is 41.0 Å². The zero-order valence-corrected chi connectivity index (χ0v) is 15.2. The predicted molar refractivity (Wildman–Crippen MR) is 95.9 cm³/mol. The molecule has 0 unspecified atom stereocenters. The third-order valence-electron chi connectivity index (χ3n) is 3.23. The van der Waals surface area contributed by atoms with E-state index in [2.05, 4.69) is 39.2 Å². The molecule has 1 aromatic heterocycles. The van der Waals surface area contributed by atoms with Crippen molar-refractivity contribution < 1.29 is 9.47 Å². The van der Waals surface area contributed by atoms with E-state index in [1.165, 1.54) is 5.56 Å². The van der Waals surface area contributed by atoms with Crippen LogP contribution < -0.4 is 14.8 Å². The van der Waals surface area contributed by atoms with Crippen LogP contribution in [0.5, 0.6) is 11.5 Å². The molecule has 1 N–H and O–H groups in total. The third-order valence-corrected chi connectivity index (χ3v) is 3.82. The normalized spacial score (nSPS) is 10.6. The first-order valence-corrected chi connectivity index (χ1v) is 8.71. The van der Waals surface area contributed by atoms with E-state index in [-0.39, 0.29) is 0 Å². The lowest BCUT2D eigenvalue weighted by molar-refractivity contribution is 0.275. The van der Waals surface area contributed by atoms with Crippen LogP contribution in [0.4, 0.5) is 0 Å². The Morgan fingerprint density at radius 3 is 2.48 bits per heavy atom. The summed E-state index contributed by atoms with van der Waals surface area (Å²) in [5, 5.41) is 3.43. The molecule has 0 aliphatic rings. The minimum absolute atomic E-state index is 0.614. The summed E-state index contributed by atoms with van der Waals surface area (Å²) in [7, 11) is 0. The molecule has 0 saturated carbocycles. The largest absolute Gasteiger partial charge is 0.490 e. The Balaban J connectivity index is 2.03. The van der Waals surface area contributed by atoms with E-state index in [9.17, 15) is 0 Å². The van der Waals surface area contributed by atoms with Crippen molar-refractivity contribution >= 4 is 15.9 Å². The van der Waals surface area contributed by atoms with Gasteiger partial charge in [0.25, 0.3) is 0 Å². The summed E-state index contributed by atoms with van der Waals surface area (Å²) in [5.41, 5.74) is 2.37. The van der Waals surface area contributed by atoms with E-state index in [1.54, 1.807) is 12.4 Å². The molecule has 2 rings (SSSR count). The molecule has 0 fully saturated rings. The average Bonchev–Trinajstić information content (AvgIpc) is 2.55. The highest BCUT2D eigenvalue weighted by atomic mass is 79.9. The van der Waals surface area contributed by atoms with Crippen LogP contribution in [0.25, 0.3) is 0 Å². The molecule has 0 amide bonds. The van der Waals surface area contributed by atoms with Crippen molar-refractivity contribution in [3.8, 4) is 11.5 Å². The molecular weight excluding hydrogens is 356 g/mol. The summed E-state index contributed by atoms with van der Waals surface area (Å²) < 4.78 is 12.5. The van der Waals surface area contributed by atoms with Gasteiger partial charge in [0.2, 0.25) is 0 Å². The molecule has 0 spiro atoms. The van der Waals surface area contributed by atoms with Crippen molar-refractivity contribution in [1.82, 2.24) is 10.3 Å². The highest BCUT2D eigenvalue weighted by Crippen LogP contribution is 2.37. The first-order chi connectivity index (χ1) is 11.2. The number of aromatic nitrogens is 1. The first kappa shape index (κ1) is 17.8. The third kappa shape index (κ3) is 5.52. The Morgan fingerprint density at radius 2 is 1.78 bits per heavy atom. The fourth-order valence-corrected chi connectivity index (χ4v) is 2.79. The maximum Gasteiger partial charge on any atom is 0.175 e. The van der Waals surface area contributed by atoms with Crippen molar-refractivity contribution in [3.05, 3.63) is 52.3 Å². The molecule has 0 radical (unpaired) electrons. The molecule has 0 aliphatic carbocycles. The zero-order valence-electron chi connectivity index (χ0n) is 13.6. The van der Waals surface area contributed by atoms with Gasteiger partial charge in [0.05, 0.1) is 17.7 Å². The smallest absolute Gasteiger partial charge is 0.175 e. The maximum absolute atomic E-state index is 5.80. The molecule has 0 aliphatic heterocycles. The van der Waals surface area contributed by atoms with Gasteiger partial charge in [-0.2, -0.15) is 0 Å². The second-order valence-electron chi connectivity index (χ2n) is 5.15. The molecule has 0 saturated heterocycles. The molecule has 2 aromatic rings. The summed E-state index contributed by atoms with van der Waals surface area (Å²) in [4.78, 5) is 4.03. The lowest BCUT2D eigenvalue weighted by Crippen LogP contribution is -2.13. The maximum atomic E-state index is 5.80. The second kappa shape index (κ2) is 9.53. The highest BCUT2D eigenvalue weighted by molar-refractivity contribution is 9.10. The second-order valence-corrected chi connectivity index (χ2v) is 6.00. The standard InChI is InChI=1S/C18H23BrN2O2/c1-3-9-23-18-16(19)10-15(11-17(18)22-4-2)13-21-12-14-5-7-20-8-6-14/h5-8,10-11,21H,3-4,9,12-13H2,1-2H3. The van der Waals surface area contributed by atoms with Crippen molar-refractivity contribution in [3.63, 3.8) is 0 Å². The van der Waals surface area contributed by atoms with Gasteiger partial charge in [0.15, 0.2) is 11.5 Å². The van der Waals surface area contributed by atoms with Gasteiger partial charge in [-0.25, -0.2) is 0 Å². The van der Waals surface area contributed by atoms with Gasteiger partial charge in [0, 0.05) is 25.5 Å².